The lowest BCUT2D eigenvalue weighted by atomic mass is 9.97. The van der Waals surface area contributed by atoms with Gasteiger partial charge in [-0.05, 0) is 51.0 Å². The Balaban J connectivity index is 1.88. The Hall–Kier alpha value is -0.870. The van der Waals surface area contributed by atoms with Gasteiger partial charge in [-0.2, -0.15) is 0 Å². The van der Waals surface area contributed by atoms with Gasteiger partial charge in [0.25, 0.3) is 0 Å². The summed E-state index contributed by atoms with van der Waals surface area (Å²) in [5.74, 6) is 0.790. The number of thiophene rings is 1. The highest BCUT2D eigenvalue weighted by Gasteiger charge is 2.18. The van der Waals surface area contributed by atoms with Crippen molar-refractivity contribution in [3.05, 3.63) is 17.0 Å². The maximum atomic E-state index is 10.7. The summed E-state index contributed by atoms with van der Waals surface area (Å²) in [6.45, 7) is 3.53. The van der Waals surface area contributed by atoms with E-state index in [9.17, 15) is 4.79 Å². The monoisotopic (exact) mass is 252 g/mol. The number of likely N-dealkylation sites (tertiary alicyclic amines) is 1. The Labute approximate surface area is 107 Å². The molecule has 0 radical (unpaired) electrons. The predicted octanol–water partition coefficient (Wildman–Crippen LogP) is 2.34. The van der Waals surface area contributed by atoms with Gasteiger partial charge in [0.1, 0.15) is 0 Å². The van der Waals surface area contributed by atoms with Gasteiger partial charge in [-0.15, -0.1) is 11.3 Å². The summed E-state index contributed by atoms with van der Waals surface area (Å²) < 4.78 is 0. The van der Waals surface area contributed by atoms with Crippen LogP contribution in [0.3, 0.4) is 0 Å². The highest BCUT2D eigenvalue weighted by Crippen LogP contribution is 2.26. The van der Waals surface area contributed by atoms with Crippen LogP contribution in [0.25, 0.3) is 0 Å². The summed E-state index contributed by atoms with van der Waals surface area (Å²) in [5, 5.41) is 1.20. The largest absolute Gasteiger partial charge is 0.366 e. The number of carbonyl (C=O) groups excluding carboxylic acids is 1. The molecule has 0 spiro atoms. The van der Waals surface area contributed by atoms with Crippen LogP contribution < -0.4 is 4.90 Å². The third-order valence-electron chi connectivity index (χ3n) is 3.48. The summed E-state index contributed by atoms with van der Waals surface area (Å²) in [4.78, 5) is 16.2. The van der Waals surface area contributed by atoms with E-state index in [1.165, 1.54) is 30.9 Å². The molecule has 3 nitrogen and oxygen atoms in total. The molecule has 1 aliphatic rings. The molecule has 1 saturated heterocycles. The molecule has 0 saturated carbocycles. The zero-order valence-corrected chi connectivity index (χ0v) is 11.4. The van der Waals surface area contributed by atoms with Gasteiger partial charge in [-0.3, -0.25) is 4.79 Å². The molecule has 0 N–H and O–H groups in total. The molecule has 0 amide bonds. The first-order valence-electron chi connectivity index (χ1n) is 6.13. The Morgan fingerprint density at radius 3 is 2.76 bits per heavy atom. The van der Waals surface area contributed by atoms with Crippen LogP contribution in [0.5, 0.6) is 0 Å². The minimum Gasteiger partial charge on any atom is -0.366 e. The number of anilines is 1. The van der Waals surface area contributed by atoms with Crippen LogP contribution >= 0.6 is 11.3 Å². The lowest BCUT2D eigenvalue weighted by Gasteiger charge is -2.31. The predicted molar refractivity (Wildman–Crippen MR) is 73.2 cm³/mol. The van der Waals surface area contributed by atoms with Crippen LogP contribution in [0, 0.1) is 5.92 Å². The molecule has 17 heavy (non-hydrogen) atoms. The van der Waals surface area contributed by atoms with Gasteiger partial charge in [0.05, 0.1) is 9.88 Å². The fourth-order valence-electron chi connectivity index (χ4n) is 2.33. The molecule has 4 heteroatoms. The van der Waals surface area contributed by atoms with Crippen molar-refractivity contribution in [1.29, 1.82) is 0 Å². The highest BCUT2D eigenvalue weighted by atomic mass is 32.1. The fraction of sp³-hybridized carbons (Fsp3) is 0.615. The number of piperidine rings is 1. The van der Waals surface area contributed by atoms with E-state index in [1.54, 1.807) is 11.3 Å². The Bertz CT molecular complexity index is 369. The van der Waals surface area contributed by atoms with Crippen LogP contribution in [-0.4, -0.2) is 44.9 Å². The third kappa shape index (κ3) is 3.30. The minimum atomic E-state index is 0.790. The second-order valence-electron chi connectivity index (χ2n) is 4.92. The first-order chi connectivity index (χ1) is 8.19. The van der Waals surface area contributed by atoms with Crippen LogP contribution in [0.4, 0.5) is 5.00 Å². The first-order valence-corrected chi connectivity index (χ1v) is 6.95. The SMILES string of the molecule is CN1CCC(CN(C)c2ccc(C=O)s2)CC1. The second-order valence-corrected chi connectivity index (χ2v) is 6.01. The maximum absolute atomic E-state index is 10.7. The van der Waals surface area contributed by atoms with Crippen molar-refractivity contribution in [2.75, 3.05) is 38.6 Å². The first kappa shape index (κ1) is 12.6. The lowest BCUT2D eigenvalue weighted by molar-refractivity contribution is 0.112. The number of nitrogens with zero attached hydrogens (tertiary/aromatic N) is 2. The van der Waals surface area contributed by atoms with Gasteiger partial charge in [0.2, 0.25) is 0 Å². The van der Waals surface area contributed by atoms with Crippen molar-refractivity contribution in [2.24, 2.45) is 5.92 Å². The molecule has 2 rings (SSSR count). The second kappa shape index (κ2) is 5.65. The van der Waals surface area contributed by atoms with Gasteiger partial charge in [-0.1, -0.05) is 0 Å². The van der Waals surface area contributed by atoms with Gasteiger partial charge in [0.15, 0.2) is 6.29 Å². The molecule has 1 aliphatic heterocycles. The smallest absolute Gasteiger partial charge is 0.160 e. The summed E-state index contributed by atoms with van der Waals surface area (Å²) >= 11 is 1.58. The fourth-order valence-corrected chi connectivity index (χ4v) is 3.12. The summed E-state index contributed by atoms with van der Waals surface area (Å²) in [6.07, 6.45) is 3.50. The zero-order chi connectivity index (χ0) is 12.3. The molecule has 0 aliphatic carbocycles. The van der Waals surface area contributed by atoms with Crippen LogP contribution in [0.15, 0.2) is 12.1 Å². The molecule has 0 atom stereocenters. The molecule has 0 unspecified atom stereocenters. The van der Waals surface area contributed by atoms with Gasteiger partial charge < -0.3 is 9.80 Å². The summed E-state index contributed by atoms with van der Waals surface area (Å²) in [7, 11) is 4.31. The number of hydrogen-bond donors (Lipinski definition) is 0. The van der Waals surface area contributed by atoms with Crippen molar-refractivity contribution >= 4 is 22.6 Å². The zero-order valence-electron chi connectivity index (χ0n) is 10.6. The lowest BCUT2D eigenvalue weighted by Crippen LogP contribution is -2.35. The minimum absolute atomic E-state index is 0.790. The third-order valence-corrected chi connectivity index (χ3v) is 4.60. The Morgan fingerprint density at radius 1 is 1.47 bits per heavy atom. The topological polar surface area (TPSA) is 23.6 Å². The van der Waals surface area contributed by atoms with E-state index >= 15 is 0 Å². The number of hydrogen-bond acceptors (Lipinski definition) is 4. The van der Waals surface area contributed by atoms with Crippen LogP contribution in [-0.2, 0) is 0 Å². The van der Waals surface area contributed by atoms with E-state index in [0.717, 1.165) is 23.6 Å². The normalized spacial score (nSPS) is 18.2. The van der Waals surface area contributed by atoms with Gasteiger partial charge in [-0.25, -0.2) is 0 Å². The average molecular weight is 252 g/mol. The molecule has 0 aromatic carbocycles. The molecule has 1 aromatic heterocycles. The van der Waals surface area contributed by atoms with Crippen molar-refractivity contribution in [3.63, 3.8) is 0 Å². The molecule has 1 fully saturated rings. The molecule has 1 aromatic rings. The highest BCUT2D eigenvalue weighted by molar-refractivity contribution is 7.17. The maximum Gasteiger partial charge on any atom is 0.160 e. The Morgan fingerprint density at radius 2 is 2.18 bits per heavy atom. The average Bonchev–Trinajstić information content (AvgIpc) is 2.81. The van der Waals surface area contributed by atoms with E-state index in [0.29, 0.717) is 0 Å². The van der Waals surface area contributed by atoms with Crippen molar-refractivity contribution < 1.29 is 4.79 Å². The van der Waals surface area contributed by atoms with Crippen LogP contribution in [0.1, 0.15) is 22.5 Å². The van der Waals surface area contributed by atoms with E-state index in [2.05, 4.69) is 23.9 Å². The molecular weight excluding hydrogens is 232 g/mol. The van der Waals surface area contributed by atoms with E-state index in [4.69, 9.17) is 0 Å². The molecule has 0 bridgehead atoms. The van der Waals surface area contributed by atoms with Crippen molar-refractivity contribution in [3.8, 4) is 0 Å². The number of carbonyl (C=O) groups is 1. The van der Waals surface area contributed by atoms with Crippen molar-refractivity contribution in [2.45, 2.75) is 12.8 Å². The molecule has 2 heterocycles. The standard InChI is InChI=1S/C13H20N2OS/c1-14-7-5-11(6-8-14)9-15(2)13-4-3-12(10-16)17-13/h3-4,10-11H,5-9H2,1-2H3. The van der Waals surface area contributed by atoms with Crippen LogP contribution in [0.2, 0.25) is 0 Å². The molecule has 94 valence electrons. The van der Waals surface area contributed by atoms with E-state index in [1.807, 2.05) is 12.1 Å². The Kier molecular flexibility index (Phi) is 4.18. The van der Waals surface area contributed by atoms with Gasteiger partial charge >= 0.3 is 0 Å². The van der Waals surface area contributed by atoms with Crippen molar-refractivity contribution in [1.82, 2.24) is 4.90 Å². The quantitative estimate of drug-likeness (QED) is 0.769. The summed E-state index contributed by atoms with van der Waals surface area (Å²) in [5.41, 5.74) is 0. The van der Waals surface area contributed by atoms with Gasteiger partial charge in [0, 0.05) is 13.6 Å². The number of aldehydes is 1. The summed E-state index contributed by atoms with van der Waals surface area (Å²) in [6, 6.07) is 3.95. The van der Waals surface area contributed by atoms with E-state index < -0.39 is 0 Å². The number of rotatable bonds is 4. The molecular formula is C13H20N2OS. The van der Waals surface area contributed by atoms with E-state index in [-0.39, 0.29) is 0 Å².